The van der Waals surface area contributed by atoms with Gasteiger partial charge in [0.2, 0.25) is 0 Å². The summed E-state index contributed by atoms with van der Waals surface area (Å²) in [7, 11) is 0. The molecule has 0 aliphatic heterocycles. The fraction of sp³-hybridized carbons (Fsp3) is 0.870. The van der Waals surface area contributed by atoms with E-state index in [0.29, 0.717) is 11.8 Å². The van der Waals surface area contributed by atoms with Gasteiger partial charge in [-0.1, -0.05) is 77.4 Å². The number of hydrogen-bond donors (Lipinski definition) is 3. The minimum atomic E-state index is -1.25. The van der Waals surface area contributed by atoms with Crippen LogP contribution in [0.5, 0.6) is 0 Å². The van der Waals surface area contributed by atoms with Gasteiger partial charge in [0.1, 0.15) is 0 Å². The van der Waals surface area contributed by atoms with Crippen molar-refractivity contribution in [3.63, 3.8) is 0 Å². The highest BCUT2D eigenvalue weighted by atomic mass is 16.5. The van der Waals surface area contributed by atoms with Crippen LogP contribution in [-0.4, -0.2) is 27.6 Å². The third kappa shape index (κ3) is 10.3. The van der Waals surface area contributed by atoms with E-state index in [1.807, 2.05) is 0 Å². The van der Waals surface area contributed by atoms with Crippen LogP contribution in [0.25, 0.3) is 0 Å². The summed E-state index contributed by atoms with van der Waals surface area (Å²) in [5, 5.41) is 28.2. The van der Waals surface area contributed by atoms with Gasteiger partial charge in [0.25, 0.3) is 0 Å². The van der Waals surface area contributed by atoms with Gasteiger partial charge < -0.3 is 15.3 Å². The van der Waals surface area contributed by atoms with Crippen LogP contribution in [0.2, 0.25) is 0 Å². The Bertz CT molecular complexity index is 419. The second-order valence-corrected chi connectivity index (χ2v) is 8.54. The number of unbranched alkanes of at least 4 members (excludes halogenated alkanes) is 5. The average molecular weight is 383 g/mol. The number of rotatable bonds is 15. The second kappa shape index (κ2) is 14.2. The van der Waals surface area contributed by atoms with E-state index in [0.717, 1.165) is 32.1 Å². The van der Waals surface area contributed by atoms with Crippen LogP contribution in [0.1, 0.15) is 97.3 Å². The lowest BCUT2D eigenvalue weighted by molar-refractivity contribution is -0.141. The first-order chi connectivity index (χ1) is 13.0. The van der Waals surface area contributed by atoms with Crippen LogP contribution in [0.15, 0.2) is 12.2 Å². The van der Waals surface area contributed by atoms with Gasteiger partial charge in [0.05, 0.1) is 5.92 Å². The highest BCUT2D eigenvalue weighted by Crippen LogP contribution is 2.37. The van der Waals surface area contributed by atoms with Gasteiger partial charge in [0, 0.05) is 5.92 Å². The number of allylic oxidation sites excluding steroid dienone is 1. The third-order valence-electron chi connectivity index (χ3n) is 6.23. The molecule has 1 aliphatic carbocycles. The Hall–Kier alpha value is -0.870. The fourth-order valence-corrected chi connectivity index (χ4v) is 4.27. The average Bonchev–Trinajstić information content (AvgIpc) is 3.07. The minimum Gasteiger partial charge on any atom is -0.481 e. The van der Waals surface area contributed by atoms with Crippen molar-refractivity contribution in [1.82, 2.24) is 0 Å². The first-order valence-corrected chi connectivity index (χ1v) is 11.2. The van der Waals surface area contributed by atoms with Gasteiger partial charge in [-0.3, -0.25) is 4.79 Å². The molecule has 4 atom stereocenters. The molecule has 4 nitrogen and oxygen atoms in total. The van der Waals surface area contributed by atoms with Crippen molar-refractivity contribution in [1.29, 1.82) is 0 Å². The number of carboxylic acids is 1. The quantitative estimate of drug-likeness (QED) is 0.198. The van der Waals surface area contributed by atoms with Gasteiger partial charge in [-0.2, -0.15) is 0 Å². The molecular formula is C23H42O4. The lowest BCUT2D eigenvalue weighted by Crippen LogP contribution is -2.18. The number of aliphatic carboxylic acids is 1. The maximum Gasteiger partial charge on any atom is 0.306 e. The van der Waals surface area contributed by atoms with E-state index in [2.05, 4.69) is 19.1 Å². The van der Waals surface area contributed by atoms with Gasteiger partial charge in [-0.15, -0.1) is 0 Å². The molecule has 0 aromatic rings. The Morgan fingerprint density at radius 2 is 1.74 bits per heavy atom. The van der Waals surface area contributed by atoms with Crippen LogP contribution in [0.3, 0.4) is 0 Å². The third-order valence-corrected chi connectivity index (χ3v) is 6.23. The Balaban J connectivity index is 2.33. The maximum absolute atomic E-state index is 10.8. The van der Waals surface area contributed by atoms with Gasteiger partial charge in [0.15, 0.2) is 6.29 Å². The van der Waals surface area contributed by atoms with Crippen molar-refractivity contribution in [2.45, 2.75) is 104 Å². The molecule has 0 bridgehead atoms. The summed E-state index contributed by atoms with van der Waals surface area (Å²) in [4.78, 5) is 10.8. The molecule has 1 rings (SSSR count). The van der Waals surface area contributed by atoms with Gasteiger partial charge in [-0.25, -0.2) is 0 Å². The lowest BCUT2D eigenvalue weighted by atomic mass is 9.88. The molecule has 27 heavy (non-hydrogen) atoms. The molecule has 0 heterocycles. The first-order valence-electron chi connectivity index (χ1n) is 11.2. The van der Waals surface area contributed by atoms with E-state index < -0.39 is 12.3 Å². The van der Waals surface area contributed by atoms with Crippen LogP contribution in [0, 0.1) is 23.7 Å². The van der Waals surface area contributed by atoms with Crippen LogP contribution in [0.4, 0.5) is 0 Å². The van der Waals surface area contributed by atoms with E-state index in [4.69, 9.17) is 5.11 Å². The van der Waals surface area contributed by atoms with Crippen LogP contribution in [-0.2, 0) is 4.79 Å². The molecule has 1 fully saturated rings. The van der Waals surface area contributed by atoms with Gasteiger partial charge >= 0.3 is 5.97 Å². The summed E-state index contributed by atoms with van der Waals surface area (Å²) in [5.41, 5.74) is 0. The van der Waals surface area contributed by atoms with E-state index in [9.17, 15) is 15.0 Å². The standard InChI is InChI=1S/C23H42O4/c1-3-4-5-8-13-21(23(26)27)17-16-20-15-10-14-19(20)12-9-6-7-11-18(2)22(24)25/h16-21,23,26-27H,3-15H2,1-2H3,(H,24,25)/t18?,19-,20+,21?/m0/s1. The monoisotopic (exact) mass is 382 g/mol. The molecule has 0 radical (unpaired) electrons. The van der Waals surface area contributed by atoms with Crippen molar-refractivity contribution in [3.05, 3.63) is 12.2 Å². The summed E-state index contributed by atoms with van der Waals surface area (Å²) < 4.78 is 0. The fourth-order valence-electron chi connectivity index (χ4n) is 4.27. The zero-order chi connectivity index (χ0) is 20.1. The Morgan fingerprint density at radius 1 is 1.04 bits per heavy atom. The summed E-state index contributed by atoms with van der Waals surface area (Å²) in [6.07, 6.45) is 17.6. The molecule has 4 heteroatoms. The Kier molecular flexibility index (Phi) is 12.7. The number of aliphatic hydroxyl groups is 2. The lowest BCUT2D eigenvalue weighted by Gasteiger charge is -2.19. The van der Waals surface area contributed by atoms with Gasteiger partial charge in [-0.05, 0) is 43.9 Å². The molecular weight excluding hydrogens is 340 g/mol. The van der Waals surface area contributed by atoms with Crippen molar-refractivity contribution in [2.24, 2.45) is 23.7 Å². The van der Waals surface area contributed by atoms with E-state index in [1.165, 1.54) is 51.4 Å². The molecule has 1 aliphatic rings. The van der Waals surface area contributed by atoms with E-state index in [1.54, 1.807) is 6.92 Å². The van der Waals surface area contributed by atoms with E-state index in [-0.39, 0.29) is 11.8 Å². The van der Waals surface area contributed by atoms with Crippen molar-refractivity contribution >= 4 is 5.97 Å². The van der Waals surface area contributed by atoms with Crippen molar-refractivity contribution < 1.29 is 20.1 Å². The largest absolute Gasteiger partial charge is 0.481 e. The smallest absolute Gasteiger partial charge is 0.306 e. The number of carboxylic acid groups (broad SMARTS) is 1. The van der Waals surface area contributed by atoms with Crippen LogP contribution < -0.4 is 0 Å². The predicted molar refractivity (Wildman–Crippen MR) is 110 cm³/mol. The molecule has 0 aromatic heterocycles. The first kappa shape index (κ1) is 24.2. The summed E-state index contributed by atoms with van der Waals surface area (Å²) in [5.74, 6) is 0.216. The number of hydrogen-bond acceptors (Lipinski definition) is 3. The predicted octanol–water partition coefficient (Wildman–Crippen LogP) is 5.53. The Morgan fingerprint density at radius 3 is 2.41 bits per heavy atom. The number of aliphatic hydroxyl groups excluding tert-OH is 1. The zero-order valence-corrected chi connectivity index (χ0v) is 17.5. The molecule has 0 amide bonds. The summed E-state index contributed by atoms with van der Waals surface area (Å²) >= 11 is 0. The molecule has 0 spiro atoms. The molecule has 0 saturated heterocycles. The molecule has 0 aromatic carbocycles. The van der Waals surface area contributed by atoms with E-state index >= 15 is 0 Å². The summed E-state index contributed by atoms with van der Waals surface area (Å²) in [6.45, 7) is 3.97. The second-order valence-electron chi connectivity index (χ2n) is 8.54. The molecule has 1 saturated carbocycles. The summed E-state index contributed by atoms with van der Waals surface area (Å²) in [6, 6.07) is 0. The molecule has 3 N–H and O–H groups in total. The number of carbonyl (C=O) groups is 1. The van der Waals surface area contributed by atoms with Crippen molar-refractivity contribution in [3.8, 4) is 0 Å². The normalized spacial score (nSPS) is 22.6. The molecule has 158 valence electrons. The zero-order valence-electron chi connectivity index (χ0n) is 17.5. The van der Waals surface area contributed by atoms with Crippen molar-refractivity contribution in [2.75, 3.05) is 0 Å². The highest BCUT2D eigenvalue weighted by Gasteiger charge is 2.25. The SMILES string of the molecule is CCCCCCC(C=C[C@H]1CCC[C@@H]1CCCCCC(C)C(=O)O)C(O)O. The molecule has 2 unspecified atom stereocenters. The minimum absolute atomic E-state index is 0.138. The van der Waals surface area contributed by atoms with Crippen LogP contribution >= 0.6 is 0 Å². The highest BCUT2D eigenvalue weighted by molar-refractivity contribution is 5.69. The maximum atomic E-state index is 10.8. The topological polar surface area (TPSA) is 77.8 Å². The Labute approximate surface area is 166 Å².